The molecule has 114 valence electrons. The molecule has 1 aromatic carbocycles. The summed E-state index contributed by atoms with van der Waals surface area (Å²) in [4.78, 5) is 10.6. The van der Waals surface area contributed by atoms with Crippen LogP contribution in [0.1, 0.15) is 0 Å². The molecule has 0 bridgehead atoms. The first-order chi connectivity index (χ1) is 11.2. The van der Waals surface area contributed by atoms with Gasteiger partial charge in [-0.1, -0.05) is 12.1 Å². The Kier molecular flexibility index (Phi) is 3.55. The van der Waals surface area contributed by atoms with Crippen molar-refractivity contribution in [1.82, 2.24) is 14.4 Å². The van der Waals surface area contributed by atoms with E-state index in [1.807, 2.05) is 48.0 Å². The zero-order valence-electron chi connectivity index (χ0n) is 12.3. The lowest BCUT2D eigenvalue weighted by Crippen LogP contribution is -1.90. The third-order valence-corrected chi connectivity index (χ3v) is 5.37. The number of thiazole rings is 1. The van der Waals surface area contributed by atoms with Crippen LogP contribution in [0.5, 0.6) is 0 Å². The number of hydrogen-bond acceptors (Lipinski definition) is 4. The van der Waals surface area contributed by atoms with E-state index >= 15 is 0 Å². The molecule has 3 aromatic heterocycles. The molecule has 3 heterocycles. The van der Waals surface area contributed by atoms with Gasteiger partial charge in [-0.3, -0.25) is 13.6 Å². The highest BCUT2D eigenvalue weighted by atomic mass is 32.2. The molecule has 4 aromatic rings. The Labute approximate surface area is 139 Å². The standard InChI is InChI=1S/C17H13N3OS2/c1-23(21)14-4-2-12(3-5-14)15-16(13-6-8-18-9-7-13)20-10-11-22-17(20)19-15/h2-11H,1H3. The molecular weight excluding hydrogens is 326 g/mol. The fourth-order valence-electron chi connectivity index (χ4n) is 2.58. The van der Waals surface area contributed by atoms with Gasteiger partial charge in [0.05, 0.1) is 11.4 Å². The van der Waals surface area contributed by atoms with E-state index < -0.39 is 10.8 Å². The number of nitrogens with zero attached hydrogens (tertiary/aromatic N) is 3. The largest absolute Gasteiger partial charge is 0.290 e. The van der Waals surface area contributed by atoms with Gasteiger partial charge in [-0.25, -0.2) is 4.98 Å². The normalized spacial score (nSPS) is 12.6. The molecule has 4 nitrogen and oxygen atoms in total. The van der Waals surface area contributed by atoms with Gasteiger partial charge in [-0.15, -0.1) is 11.3 Å². The Hall–Kier alpha value is -2.31. The molecule has 0 aliphatic rings. The Morgan fingerprint density at radius 1 is 1.04 bits per heavy atom. The average Bonchev–Trinajstić information content (AvgIpc) is 3.16. The number of imidazole rings is 1. The third kappa shape index (κ3) is 2.50. The highest BCUT2D eigenvalue weighted by molar-refractivity contribution is 7.84. The van der Waals surface area contributed by atoms with Gasteiger partial charge in [0.2, 0.25) is 0 Å². The molecule has 0 aliphatic heterocycles. The summed E-state index contributed by atoms with van der Waals surface area (Å²) in [7, 11) is -0.974. The third-order valence-electron chi connectivity index (χ3n) is 3.68. The fraction of sp³-hybridized carbons (Fsp3) is 0.0588. The summed E-state index contributed by atoms with van der Waals surface area (Å²) in [5.41, 5.74) is 4.07. The van der Waals surface area contributed by atoms with Crippen LogP contribution in [-0.4, -0.2) is 24.8 Å². The second-order valence-electron chi connectivity index (χ2n) is 5.08. The highest BCUT2D eigenvalue weighted by Crippen LogP contribution is 2.34. The molecule has 0 amide bonds. The van der Waals surface area contributed by atoms with E-state index in [1.54, 1.807) is 30.0 Å². The molecule has 0 saturated carbocycles. The molecule has 0 spiro atoms. The quantitative estimate of drug-likeness (QED) is 0.569. The first kappa shape index (κ1) is 14.3. The second-order valence-corrected chi connectivity index (χ2v) is 7.33. The molecular formula is C17H13N3OS2. The molecule has 6 heteroatoms. The van der Waals surface area contributed by atoms with E-state index in [9.17, 15) is 4.21 Å². The Bertz CT molecular complexity index is 988. The number of hydrogen-bond donors (Lipinski definition) is 0. The molecule has 1 atom stereocenters. The second kappa shape index (κ2) is 5.72. The van der Waals surface area contributed by atoms with E-state index in [0.29, 0.717) is 0 Å². The minimum absolute atomic E-state index is 0.820. The van der Waals surface area contributed by atoms with Crippen molar-refractivity contribution in [3.63, 3.8) is 0 Å². The van der Waals surface area contributed by atoms with Gasteiger partial charge < -0.3 is 0 Å². The summed E-state index contributed by atoms with van der Waals surface area (Å²) in [6.45, 7) is 0. The van der Waals surface area contributed by atoms with Gasteiger partial charge in [0.15, 0.2) is 4.96 Å². The van der Waals surface area contributed by atoms with Crippen molar-refractivity contribution in [3.05, 3.63) is 60.4 Å². The maximum Gasteiger partial charge on any atom is 0.194 e. The van der Waals surface area contributed by atoms with E-state index in [-0.39, 0.29) is 0 Å². The van der Waals surface area contributed by atoms with Crippen LogP contribution in [0.3, 0.4) is 0 Å². The highest BCUT2D eigenvalue weighted by Gasteiger charge is 2.16. The predicted octanol–water partition coefficient (Wildman–Crippen LogP) is 3.86. The lowest BCUT2D eigenvalue weighted by Gasteiger charge is -2.05. The van der Waals surface area contributed by atoms with E-state index in [0.717, 1.165) is 32.4 Å². The minimum Gasteiger partial charge on any atom is -0.290 e. The Morgan fingerprint density at radius 3 is 2.48 bits per heavy atom. The van der Waals surface area contributed by atoms with Crippen molar-refractivity contribution in [2.45, 2.75) is 4.90 Å². The van der Waals surface area contributed by atoms with Crippen LogP contribution in [0.4, 0.5) is 0 Å². The summed E-state index contributed by atoms with van der Waals surface area (Å²) in [5, 5.41) is 2.03. The first-order valence-electron chi connectivity index (χ1n) is 7.04. The first-order valence-corrected chi connectivity index (χ1v) is 9.47. The Morgan fingerprint density at radius 2 is 1.78 bits per heavy atom. The number of pyridine rings is 1. The molecule has 4 rings (SSSR count). The van der Waals surface area contributed by atoms with Crippen LogP contribution >= 0.6 is 11.3 Å². The van der Waals surface area contributed by atoms with Crippen LogP contribution in [0.2, 0.25) is 0 Å². The van der Waals surface area contributed by atoms with E-state index in [1.165, 1.54) is 0 Å². The monoisotopic (exact) mass is 339 g/mol. The lowest BCUT2D eigenvalue weighted by molar-refractivity contribution is 0.687. The van der Waals surface area contributed by atoms with Gasteiger partial charge >= 0.3 is 0 Å². The van der Waals surface area contributed by atoms with E-state index in [4.69, 9.17) is 4.98 Å². The van der Waals surface area contributed by atoms with Crippen molar-refractivity contribution < 1.29 is 4.21 Å². The molecule has 0 saturated heterocycles. The summed E-state index contributed by atoms with van der Waals surface area (Å²) in [6.07, 6.45) is 7.29. The smallest absolute Gasteiger partial charge is 0.194 e. The van der Waals surface area contributed by atoms with Crippen LogP contribution in [-0.2, 0) is 10.8 Å². The van der Waals surface area contributed by atoms with Crippen molar-refractivity contribution in [3.8, 4) is 22.5 Å². The molecule has 1 unspecified atom stereocenters. The van der Waals surface area contributed by atoms with Gasteiger partial charge in [0, 0.05) is 57.0 Å². The maximum atomic E-state index is 11.6. The molecule has 0 radical (unpaired) electrons. The van der Waals surface area contributed by atoms with Crippen LogP contribution in [0, 0.1) is 0 Å². The van der Waals surface area contributed by atoms with Crippen LogP contribution < -0.4 is 0 Å². The molecule has 0 N–H and O–H groups in total. The van der Waals surface area contributed by atoms with Crippen molar-refractivity contribution in [2.24, 2.45) is 0 Å². The Balaban J connectivity index is 1.93. The van der Waals surface area contributed by atoms with Gasteiger partial charge in [-0.05, 0) is 24.3 Å². The SMILES string of the molecule is CS(=O)c1ccc(-c2nc3sccn3c2-c2ccncc2)cc1. The summed E-state index contributed by atoms with van der Waals surface area (Å²) in [6, 6.07) is 11.7. The summed E-state index contributed by atoms with van der Waals surface area (Å²) in [5.74, 6) is 0. The van der Waals surface area contributed by atoms with Gasteiger partial charge in [-0.2, -0.15) is 0 Å². The zero-order chi connectivity index (χ0) is 15.8. The van der Waals surface area contributed by atoms with Gasteiger partial charge in [0.25, 0.3) is 0 Å². The number of fused-ring (bicyclic) bond motifs is 1. The van der Waals surface area contributed by atoms with Gasteiger partial charge in [0.1, 0.15) is 0 Å². The fourth-order valence-corrected chi connectivity index (χ4v) is 3.81. The van der Waals surface area contributed by atoms with Crippen molar-refractivity contribution in [1.29, 1.82) is 0 Å². The summed E-state index contributed by atoms with van der Waals surface area (Å²) >= 11 is 1.61. The molecule has 0 aliphatic carbocycles. The van der Waals surface area contributed by atoms with E-state index in [2.05, 4.69) is 9.38 Å². The lowest BCUT2D eigenvalue weighted by atomic mass is 10.1. The number of benzene rings is 1. The summed E-state index contributed by atoms with van der Waals surface area (Å²) < 4.78 is 13.7. The molecule has 23 heavy (non-hydrogen) atoms. The van der Waals surface area contributed by atoms with Crippen molar-refractivity contribution in [2.75, 3.05) is 6.26 Å². The maximum absolute atomic E-state index is 11.6. The van der Waals surface area contributed by atoms with Crippen molar-refractivity contribution >= 4 is 27.1 Å². The zero-order valence-corrected chi connectivity index (χ0v) is 14.0. The topological polar surface area (TPSA) is 47.3 Å². The van der Waals surface area contributed by atoms with Crippen LogP contribution in [0.25, 0.3) is 27.5 Å². The minimum atomic E-state index is -0.974. The average molecular weight is 339 g/mol. The number of aromatic nitrogens is 3. The molecule has 0 fully saturated rings. The predicted molar refractivity (Wildman–Crippen MR) is 94.1 cm³/mol. The number of rotatable bonds is 3. The van der Waals surface area contributed by atoms with Crippen LogP contribution in [0.15, 0.2) is 65.3 Å².